The highest BCUT2D eigenvalue weighted by atomic mass is 127. The number of amides is 1. The second-order valence-electron chi connectivity index (χ2n) is 8.50. The van der Waals surface area contributed by atoms with Crippen LogP contribution in [-0.4, -0.2) is 65.4 Å². The van der Waals surface area contributed by atoms with Gasteiger partial charge in [0.2, 0.25) is 5.75 Å². The van der Waals surface area contributed by atoms with E-state index in [2.05, 4.69) is 64.1 Å². The zero-order chi connectivity index (χ0) is 27.2. The molecule has 212 valence electrons. The highest BCUT2D eigenvalue weighted by Crippen LogP contribution is 2.41. The molecular formula is C27H38ClI2N3O5. The zero-order valence-electron chi connectivity index (χ0n) is 22.3. The molecule has 0 radical (unpaired) electrons. The number of carbonyl (C=O) groups is 1. The maximum atomic E-state index is 13.5. The number of hydrazone groups is 1. The highest BCUT2D eigenvalue weighted by Gasteiger charge is 2.30. The van der Waals surface area contributed by atoms with Crippen molar-refractivity contribution in [1.29, 1.82) is 0 Å². The van der Waals surface area contributed by atoms with Crippen LogP contribution in [0.3, 0.4) is 0 Å². The Bertz CT molecular complexity index is 1000. The molecule has 2 unspecified atom stereocenters. The fourth-order valence-electron chi connectivity index (χ4n) is 3.83. The van der Waals surface area contributed by atoms with E-state index in [1.165, 1.54) is 0 Å². The number of nitrogens with two attached hydrogens (primary N) is 1. The zero-order valence-corrected chi connectivity index (χ0v) is 27.5. The number of hydrogen-bond acceptors (Lipinski definition) is 7. The topological polar surface area (TPSA) is 95.6 Å². The lowest BCUT2D eigenvalue weighted by molar-refractivity contribution is 0.0652. The summed E-state index contributed by atoms with van der Waals surface area (Å²) in [6.07, 6.45) is 4.30. The van der Waals surface area contributed by atoms with Crippen molar-refractivity contribution < 1.29 is 23.7 Å². The molecule has 11 heteroatoms. The second kappa shape index (κ2) is 18.6. The number of unbranched alkanes of at least 4 members (excludes halogenated alkanes) is 2. The predicted molar refractivity (Wildman–Crippen MR) is 173 cm³/mol. The summed E-state index contributed by atoms with van der Waals surface area (Å²) in [7, 11) is 3.11. The lowest BCUT2D eigenvalue weighted by Gasteiger charge is -2.33. The Morgan fingerprint density at radius 3 is 2.03 bits per heavy atom. The third kappa shape index (κ3) is 9.82. The Morgan fingerprint density at radius 2 is 1.50 bits per heavy atom. The molecule has 0 saturated heterocycles. The maximum Gasteiger partial charge on any atom is 0.258 e. The molecular weight excluding hydrogens is 736 g/mol. The van der Waals surface area contributed by atoms with Crippen LogP contribution in [0.2, 0.25) is 0 Å². The van der Waals surface area contributed by atoms with Crippen molar-refractivity contribution in [2.75, 3.05) is 36.3 Å². The van der Waals surface area contributed by atoms with Crippen LogP contribution in [0.1, 0.15) is 49.0 Å². The van der Waals surface area contributed by atoms with Crippen LogP contribution < -0.4 is 24.8 Å². The summed E-state index contributed by atoms with van der Waals surface area (Å²) < 4.78 is 24.7. The Labute approximate surface area is 259 Å². The first-order chi connectivity index (χ1) is 17.9. The summed E-state index contributed by atoms with van der Waals surface area (Å²) in [5.74, 6) is 7.30. The van der Waals surface area contributed by atoms with Gasteiger partial charge in [-0.05, 0) is 75.1 Å². The molecule has 2 aromatic rings. The van der Waals surface area contributed by atoms with E-state index in [0.717, 1.165) is 39.4 Å². The van der Waals surface area contributed by atoms with E-state index in [1.54, 1.807) is 32.6 Å². The number of ether oxygens (including phenoxy) is 4. The van der Waals surface area contributed by atoms with E-state index in [4.69, 9.17) is 24.8 Å². The molecule has 0 fully saturated rings. The number of halogens is 3. The van der Waals surface area contributed by atoms with Gasteiger partial charge in [-0.3, -0.25) is 4.79 Å². The largest absolute Gasteiger partial charge is 0.494 e. The molecule has 2 atom stereocenters. The first-order valence-electron chi connectivity index (χ1n) is 12.2. The first kappa shape index (κ1) is 34.4. The van der Waals surface area contributed by atoms with Crippen molar-refractivity contribution >= 4 is 69.7 Å². The average molecular weight is 774 g/mol. The Morgan fingerprint density at radius 1 is 0.921 bits per heavy atom. The van der Waals surface area contributed by atoms with Crippen LogP contribution in [-0.2, 0) is 0 Å². The first-order valence-corrected chi connectivity index (χ1v) is 15.2. The molecule has 0 spiro atoms. The van der Waals surface area contributed by atoms with Crippen molar-refractivity contribution in [2.45, 2.75) is 45.2 Å². The van der Waals surface area contributed by atoms with Gasteiger partial charge in [-0.1, -0.05) is 45.2 Å². The van der Waals surface area contributed by atoms with E-state index >= 15 is 0 Å². The molecule has 1 amide bonds. The molecule has 2 N–H and O–H groups in total. The van der Waals surface area contributed by atoms with Gasteiger partial charge in [-0.15, -0.1) is 12.4 Å². The van der Waals surface area contributed by atoms with Gasteiger partial charge in [0.05, 0.1) is 39.2 Å². The van der Waals surface area contributed by atoms with Crippen molar-refractivity contribution in [3.63, 3.8) is 0 Å². The SMILES string of the molecule is COc1c(OCCCCCOc2ccc(C=NN)cc2)ccc(C(=O)N(C(C)CI)C(C)CI)c1OC.Cl. The van der Waals surface area contributed by atoms with Crippen molar-refractivity contribution in [3.8, 4) is 23.0 Å². The van der Waals surface area contributed by atoms with E-state index in [1.807, 2.05) is 29.2 Å². The van der Waals surface area contributed by atoms with E-state index < -0.39 is 0 Å². The van der Waals surface area contributed by atoms with Gasteiger partial charge >= 0.3 is 0 Å². The number of nitrogens with zero attached hydrogens (tertiary/aromatic N) is 2. The smallest absolute Gasteiger partial charge is 0.258 e. The normalized spacial score (nSPS) is 12.4. The minimum absolute atomic E-state index is 0. The third-order valence-corrected chi connectivity index (χ3v) is 8.31. The summed E-state index contributed by atoms with van der Waals surface area (Å²) >= 11 is 4.63. The molecule has 0 saturated carbocycles. The minimum Gasteiger partial charge on any atom is -0.494 e. The van der Waals surface area contributed by atoms with Gasteiger partial charge in [0, 0.05) is 20.9 Å². The second-order valence-corrected chi connectivity index (χ2v) is 10.3. The van der Waals surface area contributed by atoms with Gasteiger partial charge in [0.1, 0.15) is 5.75 Å². The van der Waals surface area contributed by atoms with Crippen molar-refractivity contribution in [2.24, 2.45) is 10.9 Å². The van der Waals surface area contributed by atoms with Crippen LogP contribution >= 0.6 is 57.6 Å². The highest BCUT2D eigenvalue weighted by molar-refractivity contribution is 14.1. The van der Waals surface area contributed by atoms with Crippen LogP contribution in [0.25, 0.3) is 0 Å². The number of carbonyl (C=O) groups excluding carboxylic acids is 1. The van der Waals surface area contributed by atoms with Gasteiger partial charge in [0.25, 0.3) is 5.91 Å². The Hall–Kier alpha value is -1.67. The van der Waals surface area contributed by atoms with E-state index in [-0.39, 0.29) is 30.4 Å². The molecule has 8 nitrogen and oxygen atoms in total. The van der Waals surface area contributed by atoms with Crippen LogP contribution in [0.5, 0.6) is 23.0 Å². The number of rotatable bonds is 16. The number of benzene rings is 2. The van der Waals surface area contributed by atoms with Gasteiger partial charge in [-0.25, -0.2) is 0 Å². The molecule has 38 heavy (non-hydrogen) atoms. The fraction of sp³-hybridized carbons (Fsp3) is 0.481. The van der Waals surface area contributed by atoms with Gasteiger partial charge < -0.3 is 29.7 Å². The standard InChI is InChI=1S/C27H37I2N3O5.ClH/c1-19(16-28)32(20(2)17-29)27(33)23-12-13-24(26(35-4)25(23)34-3)37-15-7-5-6-14-36-22-10-8-21(9-11-22)18-31-30;/h8-13,18-20H,5-7,14-17,30H2,1-4H3;1H. The van der Waals surface area contributed by atoms with E-state index in [0.29, 0.717) is 36.0 Å². The minimum atomic E-state index is -0.0721. The Balaban J connectivity index is 0.00000722. The van der Waals surface area contributed by atoms with Crippen molar-refractivity contribution in [1.82, 2.24) is 4.90 Å². The molecule has 2 aromatic carbocycles. The molecule has 0 aromatic heterocycles. The van der Waals surface area contributed by atoms with Gasteiger partial charge in [-0.2, -0.15) is 5.10 Å². The molecule has 0 aliphatic rings. The summed E-state index contributed by atoms with van der Waals surface area (Å²) in [6, 6.07) is 11.4. The number of alkyl halides is 2. The van der Waals surface area contributed by atoms with E-state index in [9.17, 15) is 4.79 Å². The number of methoxy groups -OCH3 is 2. The summed E-state index contributed by atoms with van der Waals surface area (Å²) in [4.78, 5) is 15.5. The molecule has 0 aliphatic carbocycles. The fourth-order valence-corrected chi connectivity index (χ4v) is 4.68. The molecule has 2 rings (SSSR count). The predicted octanol–water partition coefficient (Wildman–Crippen LogP) is 6.14. The summed E-state index contributed by atoms with van der Waals surface area (Å²) in [5.41, 5.74) is 1.40. The number of hydrogen-bond donors (Lipinski definition) is 1. The summed E-state index contributed by atoms with van der Waals surface area (Å²) in [5, 5.41) is 3.51. The van der Waals surface area contributed by atoms with Crippen LogP contribution in [0.15, 0.2) is 41.5 Å². The Kier molecular flexibility index (Phi) is 16.8. The lowest BCUT2D eigenvalue weighted by atomic mass is 10.1. The maximum absolute atomic E-state index is 13.5. The van der Waals surface area contributed by atoms with Gasteiger partial charge in [0.15, 0.2) is 11.5 Å². The molecule has 0 bridgehead atoms. The van der Waals surface area contributed by atoms with Crippen LogP contribution in [0.4, 0.5) is 0 Å². The molecule has 0 heterocycles. The molecule has 0 aliphatic heterocycles. The average Bonchev–Trinajstić information content (AvgIpc) is 2.92. The third-order valence-electron chi connectivity index (χ3n) is 5.76. The summed E-state index contributed by atoms with van der Waals surface area (Å²) in [6.45, 7) is 5.27. The lowest BCUT2D eigenvalue weighted by Crippen LogP contribution is -2.46. The monoisotopic (exact) mass is 773 g/mol. The quantitative estimate of drug-likeness (QED) is 0.0551. The van der Waals surface area contributed by atoms with Crippen molar-refractivity contribution in [3.05, 3.63) is 47.5 Å². The van der Waals surface area contributed by atoms with Crippen LogP contribution in [0, 0.1) is 0 Å².